The van der Waals surface area contributed by atoms with Crippen LogP contribution in [0.25, 0.3) is 0 Å². The quantitative estimate of drug-likeness (QED) is 0.801. The van der Waals surface area contributed by atoms with Crippen LogP contribution in [0.5, 0.6) is 0 Å². The summed E-state index contributed by atoms with van der Waals surface area (Å²) in [6.45, 7) is 8.43. The Morgan fingerprint density at radius 1 is 1.40 bits per heavy atom. The summed E-state index contributed by atoms with van der Waals surface area (Å²) in [5, 5.41) is 3.48. The van der Waals surface area contributed by atoms with Crippen molar-refractivity contribution in [3.63, 3.8) is 0 Å². The second-order valence-electron chi connectivity index (χ2n) is 4.59. The first-order chi connectivity index (χ1) is 6.95. The minimum Gasteiger partial charge on any atom is -0.305 e. The molecule has 15 heavy (non-hydrogen) atoms. The third-order valence-electron chi connectivity index (χ3n) is 2.77. The number of benzene rings is 1. The highest BCUT2D eigenvalue weighted by Gasteiger charge is 2.21. The number of hydrogen-bond acceptors (Lipinski definition) is 1. The first-order valence-electron chi connectivity index (χ1n) is 5.49. The highest BCUT2D eigenvalue weighted by Crippen LogP contribution is 2.21. The molecule has 1 unspecified atom stereocenters. The van der Waals surface area contributed by atoms with Gasteiger partial charge in [0.1, 0.15) is 5.82 Å². The molecule has 0 bridgehead atoms. The van der Waals surface area contributed by atoms with Crippen LogP contribution in [-0.2, 0) is 5.54 Å². The Morgan fingerprint density at radius 2 is 2.07 bits per heavy atom. The monoisotopic (exact) mass is 209 g/mol. The third kappa shape index (κ3) is 3.31. The van der Waals surface area contributed by atoms with E-state index in [1.54, 1.807) is 12.1 Å². The van der Waals surface area contributed by atoms with Gasteiger partial charge in [-0.1, -0.05) is 19.1 Å². The summed E-state index contributed by atoms with van der Waals surface area (Å²) in [7, 11) is 0. The summed E-state index contributed by atoms with van der Waals surface area (Å²) < 4.78 is 13.1. The van der Waals surface area contributed by atoms with Gasteiger partial charge in [-0.15, -0.1) is 0 Å². The van der Waals surface area contributed by atoms with Crippen molar-refractivity contribution in [3.05, 3.63) is 35.6 Å². The average molecular weight is 209 g/mol. The number of rotatable bonds is 4. The molecule has 0 spiro atoms. The van der Waals surface area contributed by atoms with Crippen molar-refractivity contribution >= 4 is 0 Å². The van der Waals surface area contributed by atoms with E-state index in [0.29, 0.717) is 6.04 Å². The summed E-state index contributed by atoms with van der Waals surface area (Å²) in [5.41, 5.74) is 0.806. The van der Waals surface area contributed by atoms with Gasteiger partial charge in [-0.2, -0.15) is 0 Å². The first kappa shape index (κ1) is 12.2. The topological polar surface area (TPSA) is 12.0 Å². The third-order valence-corrected chi connectivity index (χ3v) is 2.77. The summed E-state index contributed by atoms with van der Waals surface area (Å²) >= 11 is 0. The van der Waals surface area contributed by atoms with Crippen molar-refractivity contribution < 1.29 is 4.39 Å². The minimum absolute atomic E-state index is 0.175. The lowest BCUT2D eigenvalue weighted by atomic mass is 9.93. The molecule has 1 aromatic rings. The van der Waals surface area contributed by atoms with Crippen LogP contribution in [0.1, 0.15) is 39.7 Å². The van der Waals surface area contributed by atoms with Gasteiger partial charge in [0, 0.05) is 11.6 Å². The fourth-order valence-corrected chi connectivity index (χ4v) is 1.68. The molecular formula is C13H20FN. The number of halogens is 1. The molecule has 1 N–H and O–H groups in total. The maximum absolute atomic E-state index is 13.1. The van der Waals surface area contributed by atoms with Crippen LogP contribution in [0.4, 0.5) is 4.39 Å². The van der Waals surface area contributed by atoms with Crippen LogP contribution >= 0.6 is 0 Å². The summed E-state index contributed by atoms with van der Waals surface area (Å²) in [6.07, 6.45) is 1.07. The zero-order valence-corrected chi connectivity index (χ0v) is 9.97. The van der Waals surface area contributed by atoms with Gasteiger partial charge in [0.05, 0.1) is 0 Å². The van der Waals surface area contributed by atoms with Gasteiger partial charge >= 0.3 is 0 Å². The summed E-state index contributed by atoms with van der Waals surface area (Å²) in [5.74, 6) is -0.175. The van der Waals surface area contributed by atoms with E-state index in [0.717, 1.165) is 12.0 Å². The van der Waals surface area contributed by atoms with Crippen LogP contribution in [-0.4, -0.2) is 6.04 Å². The molecule has 0 aromatic heterocycles. The second kappa shape index (κ2) is 4.75. The minimum atomic E-state index is -0.183. The lowest BCUT2D eigenvalue weighted by Gasteiger charge is -2.30. The van der Waals surface area contributed by atoms with Gasteiger partial charge in [-0.25, -0.2) is 4.39 Å². The van der Waals surface area contributed by atoms with Gasteiger partial charge < -0.3 is 5.32 Å². The van der Waals surface area contributed by atoms with E-state index in [4.69, 9.17) is 0 Å². The van der Waals surface area contributed by atoms with E-state index in [9.17, 15) is 4.39 Å². The van der Waals surface area contributed by atoms with Crippen LogP contribution in [0, 0.1) is 5.82 Å². The molecule has 0 radical (unpaired) electrons. The Labute approximate surface area is 91.7 Å². The van der Waals surface area contributed by atoms with Crippen molar-refractivity contribution in [2.45, 2.75) is 45.7 Å². The van der Waals surface area contributed by atoms with Gasteiger partial charge in [-0.05, 0) is 44.9 Å². The maximum atomic E-state index is 13.1. The van der Waals surface area contributed by atoms with Crippen LogP contribution < -0.4 is 5.32 Å². The molecule has 84 valence electrons. The molecule has 1 nitrogen and oxygen atoms in total. The van der Waals surface area contributed by atoms with E-state index in [2.05, 4.69) is 33.0 Å². The predicted octanol–water partition coefficient (Wildman–Crippen LogP) is 3.45. The molecule has 0 aliphatic carbocycles. The fraction of sp³-hybridized carbons (Fsp3) is 0.538. The largest absolute Gasteiger partial charge is 0.305 e. The molecule has 1 rings (SSSR count). The van der Waals surface area contributed by atoms with Gasteiger partial charge in [0.25, 0.3) is 0 Å². The molecule has 0 aliphatic heterocycles. The number of hydrogen-bond donors (Lipinski definition) is 1. The highest BCUT2D eigenvalue weighted by atomic mass is 19.1. The molecule has 0 fully saturated rings. The van der Waals surface area contributed by atoms with Gasteiger partial charge in [-0.3, -0.25) is 0 Å². The Hall–Kier alpha value is -0.890. The molecule has 0 saturated carbocycles. The molecule has 0 aliphatic rings. The normalized spacial score (nSPS) is 13.9. The van der Waals surface area contributed by atoms with E-state index in [1.807, 2.05) is 6.07 Å². The highest BCUT2D eigenvalue weighted by molar-refractivity contribution is 5.23. The summed E-state index contributed by atoms with van der Waals surface area (Å²) in [6, 6.07) is 7.21. The van der Waals surface area contributed by atoms with E-state index >= 15 is 0 Å². The van der Waals surface area contributed by atoms with Gasteiger partial charge in [0.15, 0.2) is 0 Å². The Balaban J connectivity index is 2.85. The Morgan fingerprint density at radius 3 is 2.60 bits per heavy atom. The smallest absolute Gasteiger partial charge is 0.123 e. The molecule has 0 heterocycles. The Kier molecular flexibility index (Phi) is 3.86. The van der Waals surface area contributed by atoms with E-state index in [-0.39, 0.29) is 11.4 Å². The first-order valence-corrected chi connectivity index (χ1v) is 5.49. The SMILES string of the molecule is CCC(C)NC(C)(C)c1cccc(F)c1. The lowest BCUT2D eigenvalue weighted by Crippen LogP contribution is -2.42. The van der Waals surface area contributed by atoms with Crippen molar-refractivity contribution in [3.8, 4) is 0 Å². The van der Waals surface area contributed by atoms with Crippen molar-refractivity contribution in [2.75, 3.05) is 0 Å². The van der Waals surface area contributed by atoms with Crippen molar-refractivity contribution in [2.24, 2.45) is 0 Å². The molecule has 0 saturated heterocycles. The zero-order chi connectivity index (χ0) is 11.5. The molecule has 1 atom stereocenters. The fourth-order valence-electron chi connectivity index (χ4n) is 1.68. The van der Waals surface area contributed by atoms with Crippen LogP contribution in [0.15, 0.2) is 24.3 Å². The number of nitrogens with one attached hydrogen (secondary N) is 1. The van der Waals surface area contributed by atoms with E-state index in [1.165, 1.54) is 6.07 Å². The second-order valence-corrected chi connectivity index (χ2v) is 4.59. The van der Waals surface area contributed by atoms with Crippen LogP contribution in [0.3, 0.4) is 0 Å². The lowest BCUT2D eigenvalue weighted by molar-refractivity contribution is 0.346. The van der Waals surface area contributed by atoms with Crippen molar-refractivity contribution in [1.82, 2.24) is 5.32 Å². The van der Waals surface area contributed by atoms with Crippen molar-refractivity contribution in [1.29, 1.82) is 0 Å². The average Bonchev–Trinajstić information content (AvgIpc) is 2.17. The molecule has 1 aromatic carbocycles. The standard InChI is InChI=1S/C13H20FN/c1-5-10(2)15-13(3,4)11-7-6-8-12(14)9-11/h6-10,15H,5H2,1-4H3. The predicted molar refractivity (Wildman–Crippen MR) is 62.3 cm³/mol. The Bertz CT molecular complexity index is 320. The summed E-state index contributed by atoms with van der Waals surface area (Å²) in [4.78, 5) is 0. The van der Waals surface area contributed by atoms with Crippen LogP contribution in [0.2, 0.25) is 0 Å². The molecule has 0 amide bonds. The zero-order valence-electron chi connectivity index (χ0n) is 9.97. The molecular weight excluding hydrogens is 189 g/mol. The maximum Gasteiger partial charge on any atom is 0.123 e. The van der Waals surface area contributed by atoms with Gasteiger partial charge in [0.2, 0.25) is 0 Å². The molecule has 2 heteroatoms. The van der Waals surface area contributed by atoms with E-state index < -0.39 is 0 Å².